The van der Waals surface area contributed by atoms with Crippen LogP contribution in [0.3, 0.4) is 0 Å². The maximum absolute atomic E-state index is 12.6. The molecule has 0 saturated heterocycles. The van der Waals surface area contributed by atoms with E-state index in [2.05, 4.69) is 27.5 Å². The Kier molecular flexibility index (Phi) is 5.03. The average Bonchev–Trinajstić information content (AvgIpc) is 3.40. The lowest BCUT2D eigenvalue weighted by Gasteiger charge is -2.18. The first-order chi connectivity index (χ1) is 13.1. The number of hydrogen-bond donors (Lipinski definition) is 2. The average molecular weight is 382 g/mol. The Balaban J connectivity index is 1.47. The van der Waals surface area contributed by atoms with Crippen LogP contribution in [0.15, 0.2) is 46.2 Å². The molecule has 7 heteroatoms. The molecule has 1 unspecified atom stereocenters. The lowest BCUT2D eigenvalue weighted by Crippen LogP contribution is -2.34. The largest absolute Gasteiger partial charge is 0.431 e. The Morgan fingerprint density at radius 3 is 2.93 bits per heavy atom. The second kappa shape index (κ2) is 7.60. The van der Waals surface area contributed by atoms with Gasteiger partial charge in [-0.2, -0.15) is 0 Å². The Morgan fingerprint density at radius 2 is 2.19 bits per heavy atom. The van der Waals surface area contributed by atoms with Gasteiger partial charge in [-0.05, 0) is 61.3 Å². The van der Waals surface area contributed by atoms with Crippen molar-refractivity contribution in [1.29, 1.82) is 0 Å². The van der Waals surface area contributed by atoms with Crippen LogP contribution in [0.1, 0.15) is 37.1 Å². The smallest absolute Gasteiger partial charge is 0.319 e. The first-order valence-electron chi connectivity index (χ1n) is 9.16. The summed E-state index contributed by atoms with van der Waals surface area (Å²) < 4.78 is 5.71. The summed E-state index contributed by atoms with van der Waals surface area (Å²) in [6, 6.07) is 9.20. The zero-order valence-corrected chi connectivity index (χ0v) is 16.2. The molecule has 1 fully saturated rings. The molecular formula is C20H22N4O2S. The number of aromatic nitrogens is 2. The maximum atomic E-state index is 12.6. The van der Waals surface area contributed by atoms with Gasteiger partial charge in [-0.3, -0.25) is 4.98 Å². The van der Waals surface area contributed by atoms with Crippen molar-refractivity contribution in [3.63, 3.8) is 0 Å². The molecule has 1 aliphatic rings. The predicted octanol–water partition coefficient (Wildman–Crippen LogP) is 4.92. The number of fused-ring (bicyclic) bond motifs is 1. The fraction of sp³-hybridized carbons (Fsp3) is 0.350. The number of rotatable bonds is 6. The Bertz CT molecular complexity index is 968. The predicted molar refractivity (Wildman–Crippen MR) is 107 cm³/mol. The van der Waals surface area contributed by atoms with Gasteiger partial charge in [-0.25, -0.2) is 9.78 Å². The van der Waals surface area contributed by atoms with Gasteiger partial charge in [0.25, 0.3) is 5.22 Å². The van der Waals surface area contributed by atoms with Crippen molar-refractivity contribution in [2.45, 2.75) is 38.0 Å². The summed E-state index contributed by atoms with van der Waals surface area (Å²) in [4.78, 5) is 21.4. The summed E-state index contributed by atoms with van der Waals surface area (Å²) in [5, 5.41) is 6.63. The fourth-order valence-corrected chi connectivity index (χ4v) is 3.63. The number of aryl methyl sites for hydroxylation is 1. The molecule has 1 saturated carbocycles. The SMILES string of the molecule is CCSc1nc2ccc(NC(=O)NC(c3cc(C)ccn3)C3CC3)cc2o1. The molecule has 2 N–H and O–H groups in total. The van der Waals surface area contributed by atoms with Gasteiger partial charge < -0.3 is 15.1 Å². The number of carbonyl (C=O) groups is 1. The van der Waals surface area contributed by atoms with E-state index in [1.54, 1.807) is 24.0 Å². The van der Waals surface area contributed by atoms with E-state index in [9.17, 15) is 4.79 Å². The normalized spacial score (nSPS) is 14.9. The van der Waals surface area contributed by atoms with Crippen LogP contribution in [-0.4, -0.2) is 21.8 Å². The number of thioether (sulfide) groups is 1. The number of benzene rings is 1. The van der Waals surface area contributed by atoms with Gasteiger partial charge in [-0.15, -0.1) is 0 Å². The van der Waals surface area contributed by atoms with Gasteiger partial charge in [0.1, 0.15) is 5.52 Å². The molecule has 1 aromatic carbocycles. The molecule has 0 bridgehead atoms. The first kappa shape index (κ1) is 17.9. The number of nitrogens with zero attached hydrogens (tertiary/aromatic N) is 2. The van der Waals surface area contributed by atoms with Crippen LogP contribution in [-0.2, 0) is 0 Å². The van der Waals surface area contributed by atoms with Crippen LogP contribution in [0.4, 0.5) is 10.5 Å². The molecule has 2 aromatic heterocycles. The quantitative estimate of drug-likeness (QED) is 0.592. The molecular weight excluding hydrogens is 360 g/mol. The van der Waals surface area contributed by atoms with E-state index < -0.39 is 0 Å². The van der Waals surface area contributed by atoms with Crippen molar-refractivity contribution in [2.75, 3.05) is 11.1 Å². The van der Waals surface area contributed by atoms with Gasteiger partial charge >= 0.3 is 6.03 Å². The molecule has 0 radical (unpaired) electrons. The Morgan fingerprint density at radius 1 is 1.33 bits per heavy atom. The standard InChI is InChI=1S/C20H22N4O2S/c1-3-27-20-23-15-7-6-14(11-17(15)26-20)22-19(25)24-18(13-4-5-13)16-10-12(2)8-9-21-16/h6-11,13,18H,3-5H2,1-2H3,(H2,22,24,25). The topological polar surface area (TPSA) is 80.0 Å². The Hall–Kier alpha value is -2.54. The first-order valence-corrected chi connectivity index (χ1v) is 10.1. The zero-order chi connectivity index (χ0) is 18.8. The number of anilines is 1. The van der Waals surface area contributed by atoms with Gasteiger partial charge in [0.2, 0.25) is 0 Å². The number of urea groups is 1. The number of nitrogens with one attached hydrogen (secondary N) is 2. The molecule has 4 rings (SSSR count). The fourth-order valence-electron chi connectivity index (χ4n) is 3.07. The third-order valence-electron chi connectivity index (χ3n) is 4.53. The summed E-state index contributed by atoms with van der Waals surface area (Å²) in [6.45, 7) is 4.09. The van der Waals surface area contributed by atoms with Crippen LogP contribution in [0.25, 0.3) is 11.1 Å². The molecule has 6 nitrogen and oxygen atoms in total. The lowest BCUT2D eigenvalue weighted by atomic mass is 10.1. The van der Waals surface area contributed by atoms with Gasteiger partial charge in [0, 0.05) is 18.0 Å². The Labute approximate surface area is 162 Å². The third-order valence-corrected chi connectivity index (χ3v) is 5.24. The monoisotopic (exact) mass is 382 g/mol. The molecule has 3 aromatic rings. The van der Waals surface area contributed by atoms with Gasteiger partial charge in [-0.1, -0.05) is 18.7 Å². The summed E-state index contributed by atoms with van der Waals surface area (Å²) in [5.41, 5.74) is 4.19. The van der Waals surface area contributed by atoms with Crippen LogP contribution in [0.5, 0.6) is 0 Å². The molecule has 2 amide bonds. The molecule has 140 valence electrons. The maximum Gasteiger partial charge on any atom is 0.319 e. The highest BCUT2D eigenvalue weighted by molar-refractivity contribution is 7.99. The molecule has 0 spiro atoms. The van der Waals surface area contributed by atoms with Crippen LogP contribution >= 0.6 is 11.8 Å². The van der Waals surface area contributed by atoms with Crippen LogP contribution in [0.2, 0.25) is 0 Å². The van der Waals surface area contributed by atoms with E-state index >= 15 is 0 Å². The number of oxazole rings is 1. The lowest BCUT2D eigenvalue weighted by molar-refractivity contribution is 0.246. The summed E-state index contributed by atoms with van der Waals surface area (Å²) in [7, 11) is 0. The molecule has 27 heavy (non-hydrogen) atoms. The second-order valence-electron chi connectivity index (χ2n) is 6.77. The van der Waals surface area contributed by atoms with Crippen molar-refractivity contribution in [2.24, 2.45) is 5.92 Å². The summed E-state index contributed by atoms with van der Waals surface area (Å²) in [5.74, 6) is 1.35. The molecule has 1 atom stereocenters. The van der Waals surface area contributed by atoms with E-state index in [1.165, 1.54) is 0 Å². The minimum absolute atomic E-state index is 0.0635. The van der Waals surface area contributed by atoms with E-state index in [1.807, 2.05) is 31.2 Å². The number of carbonyl (C=O) groups excluding carboxylic acids is 1. The van der Waals surface area contributed by atoms with E-state index in [4.69, 9.17) is 4.42 Å². The van der Waals surface area contributed by atoms with Gasteiger partial charge in [0.15, 0.2) is 5.58 Å². The highest BCUT2D eigenvalue weighted by Crippen LogP contribution is 2.40. The van der Waals surface area contributed by atoms with Crippen molar-refractivity contribution in [3.8, 4) is 0 Å². The number of hydrogen-bond acceptors (Lipinski definition) is 5. The van der Waals surface area contributed by atoms with Crippen LogP contribution in [0, 0.1) is 12.8 Å². The third kappa shape index (κ3) is 4.24. The zero-order valence-electron chi connectivity index (χ0n) is 15.4. The minimum atomic E-state index is -0.239. The van der Waals surface area contributed by atoms with E-state index in [-0.39, 0.29) is 12.1 Å². The second-order valence-corrected chi connectivity index (χ2v) is 7.98. The number of pyridine rings is 1. The van der Waals surface area contributed by atoms with E-state index in [0.717, 1.165) is 35.4 Å². The van der Waals surface area contributed by atoms with Crippen LogP contribution < -0.4 is 10.6 Å². The van der Waals surface area contributed by atoms with Crippen molar-refractivity contribution in [3.05, 3.63) is 47.8 Å². The minimum Gasteiger partial charge on any atom is -0.431 e. The van der Waals surface area contributed by atoms with Crippen molar-refractivity contribution in [1.82, 2.24) is 15.3 Å². The van der Waals surface area contributed by atoms with Crippen molar-refractivity contribution < 1.29 is 9.21 Å². The highest BCUT2D eigenvalue weighted by Gasteiger charge is 2.34. The summed E-state index contributed by atoms with van der Waals surface area (Å²) >= 11 is 1.55. The molecule has 1 aliphatic carbocycles. The highest BCUT2D eigenvalue weighted by atomic mass is 32.2. The van der Waals surface area contributed by atoms with Gasteiger partial charge in [0.05, 0.1) is 11.7 Å². The molecule has 0 aliphatic heterocycles. The van der Waals surface area contributed by atoms with E-state index in [0.29, 0.717) is 22.4 Å². The van der Waals surface area contributed by atoms with Crippen molar-refractivity contribution >= 4 is 34.6 Å². The summed E-state index contributed by atoms with van der Waals surface area (Å²) in [6.07, 6.45) is 4.02. The number of amides is 2. The molecule has 2 heterocycles.